The van der Waals surface area contributed by atoms with Crippen molar-refractivity contribution in [1.82, 2.24) is 9.78 Å². The van der Waals surface area contributed by atoms with E-state index in [1.807, 2.05) is 66.5 Å². The normalized spacial score (nSPS) is 10.6. The average molecular weight is 224 g/mol. The molecule has 3 heteroatoms. The molecule has 84 valence electrons. The van der Waals surface area contributed by atoms with Crippen LogP contribution in [0, 0.1) is 6.92 Å². The van der Waals surface area contributed by atoms with Gasteiger partial charge in [-0.2, -0.15) is 5.10 Å². The highest BCUT2D eigenvalue weighted by molar-refractivity contribution is 5.56. The maximum atomic E-state index is 5.57. The van der Waals surface area contributed by atoms with Crippen LogP contribution in [0.5, 0.6) is 0 Å². The monoisotopic (exact) mass is 224 g/mol. The Morgan fingerprint density at radius 3 is 2.59 bits per heavy atom. The summed E-state index contributed by atoms with van der Waals surface area (Å²) in [5.41, 5.74) is 2.03. The van der Waals surface area contributed by atoms with Crippen molar-refractivity contribution in [2.45, 2.75) is 6.92 Å². The van der Waals surface area contributed by atoms with E-state index in [1.165, 1.54) is 0 Å². The van der Waals surface area contributed by atoms with Gasteiger partial charge in [0.1, 0.15) is 11.5 Å². The lowest BCUT2D eigenvalue weighted by Gasteiger charge is -1.98. The predicted molar refractivity (Wildman–Crippen MR) is 66.0 cm³/mol. The van der Waals surface area contributed by atoms with E-state index < -0.39 is 0 Å². The molecule has 0 aliphatic heterocycles. The van der Waals surface area contributed by atoms with E-state index in [4.69, 9.17) is 4.42 Å². The molecule has 0 aliphatic rings. The summed E-state index contributed by atoms with van der Waals surface area (Å²) in [5.74, 6) is 1.76. The summed E-state index contributed by atoms with van der Waals surface area (Å²) in [5, 5.41) is 4.33. The quantitative estimate of drug-likeness (QED) is 0.667. The minimum absolute atomic E-state index is 0.852. The lowest BCUT2D eigenvalue weighted by molar-refractivity contribution is 0.548. The molecule has 0 aliphatic carbocycles. The van der Waals surface area contributed by atoms with Gasteiger partial charge in [0.15, 0.2) is 0 Å². The van der Waals surface area contributed by atoms with Crippen molar-refractivity contribution in [3.05, 3.63) is 60.6 Å². The Hall–Kier alpha value is -2.29. The summed E-state index contributed by atoms with van der Waals surface area (Å²) in [7, 11) is 0. The van der Waals surface area contributed by atoms with E-state index in [0.717, 1.165) is 22.8 Å². The molecule has 0 unspecified atom stereocenters. The largest absolute Gasteiger partial charge is 0.461 e. The van der Waals surface area contributed by atoms with E-state index in [0.29, 0.717) is 0 Å². The Balaban J connectivity index is 1.99. The highest BCUT2D eigenvalue weighted by atomic mass is 16.3. The second-order valence-corrected chi connectivity index (χ2v) is 3.92. The van der Waals surface area contributed by atoms with Crippen LogP contribution in [0.3, 0.4) is 0 Å². The summed E-state index contributed by atoms with van der Waals surface area (Å²) in [6.45, 7) is 1.94. The smallest absolute Gasteiger partial charge is 0.137 e. The number of para-hydroxylation sites is 1. The van der Waals surface area contributed by atoms with Gasteiger partial charge < -0.3 is 4.42 Å². The lowest BCUT2D eigenvalue weighted by atomic mass is 10.3. The third kappa shape index (κ3) is 1.87. The fourth-order valence-corrected chi connectivity index (χ4v) is 1.76. The first kappa shape index (κ1) is 9.90. The van der Waals surface area contributed by atoms with Crippen LogP contribution in [0.25, 0.3) is 17.0 Å². The Morgan fingerprint density at radius 2 is 1.88 bits per heavy atom. The molecule has 0 saturated heterocycles. The van der Waals surface area contributed by atoms with Crippen molar-refractivity contribution in [3.8, 4) is 17.0 Å². The van der Waals surface area contributed by atoms with Crippen molar-refractivity contribution >= 4 is 0 Å². The van der Waals surface area contributed by atoms with Crippen molar-refractivity contribution in [2.24, 2.45) is 0 Å². The zero-order chi connectivity index (χ0) is 11.7. The number of rotatable bonds is 2. The van der Waals surface area contributed by atoms with Gasteiger partial charge >= 0.3 is 0 Å². The lowest BCUT2D eigenvalue weighted by Crippen LogP contribution is -1.92. The maximum absolute atomic E-state index is 5.57. The molecule has 1 aromatic carbocycles. The number of hydrogen-bond donors (Lipinski definition) is 0. The van der Waals surface area contributed by atoms with Crippen molar-refractivity contribution < 1.29 is 4.42 Å². The summed E-state index contributed by atoms with van der Waals surface area (Å²) < 4.78 is 7.41. The van der Waals surface area contributed by atoms with Gasteiger partial charge in [0.25, 0.3) is 0 Å². The molecule has 3 aromatic rings. The van der Waals surface area contributed by atoms with Crippen molar-refractivity contribution in [3.63, 3.8) is 0 Å². The van der Waals surface area contributed by atoms with Crippen LogP contribution in [-0.4, -0.2) is 9.78 Å². The van der Waals surface area contributed by atoms with E-state index in [-0.39, 0.29) is 0 Å². The third-order valence-corrected chi connectivity index (χ3v) is 2.63. The summed E-state index contributed by atoms with van der Waals surface area (Å²) in [6.07, 6.45) is 3.78. The van der Waals surface area contributed by atoms with E-state index in [9.17, 15) is 0 Å². The number of nitrogens with zero attached hydrogens (tertiary/aromatic N) is 2. The van der Waals surface area contributed by atoms with Gasteiger partial charge in [0.05, 0.1) is 17.4 Å². The fraction of sp³-hybridized carbons (Fsp3) is 0.0714. The zero-order valence-corrected chi connectivity index (χ0v) is 9.50. The minimum atomic E-state index is 0.852. The molecule has 0 saturated carbocycles. The first-order valence-electron chi connectivity index (χ1n) is 5.50. The number of benzene rings is 1. The number of aryl methyl sites for hydroxylation is 1. The zero-order valence-electron chi connectivity index (χ0n) is 9.50. The van der Waals surface area contributed by atoms with E-state index >= 15 is 0 Å². The van der Waals surface area contributed by atoms with Crippen LogP contribution in [-0.2, 0) is 0 Å². The van der Waals surface area contributed by atoms with Crippen molar-refractivity contribution in [2.75, 3.05) is 0 Å². The van der Waals surface area contributed by atoms with Gasteiger partial charge in [-0.15, -0.1) is 0 Å². The molecule has 3 rings (SSSR count). The molecule has 0 N–H and O–H groups in total. The molecule has 0 amide bonds. The first-order valence-corrected chi connectivity index (χ1v) is 5.50. The van der Waals surface area contributed by atoms with Gasteiger partial charge in [-0.05, 0) is 31.2 Å². The van der Waals surface area contributed by atoms with Crippen molar-refractivity contribution in [1.29, 1.82) is 0 Å². The SMILES string of the molecule is Cc1ccc(-c2cnn(-c3ccccc3)c2)o1. The molecule has 0 bridgehead atoms. The summed E-state index contributed by atoms with van der Waals surface area (Å²) >= 11 is 0. The average Bonchev–Trinajstić information content (AvgIpc) is 2.98. The second-order valence-electron chi connectivity index (χ2n) is 3.92. The summed E-state index contributed by atoms with van der Waals surface area (Å²) in [6, 6.07) is 13.9. The molecule has 0 fully saturated rings. The van der Waals surface area contributed by atoms with E-state index in [1.54, 1.807) is 0 Å². The van der Waals surface area contributed by atoms with Gasteiger partial charge in [-0.25, -0.2) is 4.68 Å². The Labute approximate surface area is 99.3 Å². The highest BCUT2D eigenvalue weighted by Crippen LogP contribution is 2.22. The molecular weight excluding hydrogens is 212 g/mol. The van der Waals surface area contributed by atoms with Gasteiger partial charge in [-0.3, -0.25) is 0 Å². The predicted octanol–water partition coefficient (Wildman–Crippen LogP) is 3.44. The van der Waals surface area contributed by atoms with Crippen LogP contribution in [0.2, 0.25) is 0 Å². The Kier molecular flexibility index (Phi) is 2.29. The molecule has 2 heterocycles. The minimum Gasteiger partial charge on any atom is -0.461 e. The fourth-order valence-electron chi connectivity index (χ4n) is 1.76. The third-order valence-electron chi connectivity index (χ3n) is 2.63. The molecule has 2 aromatic heterocycles. The van der Waals surface area contributed by atoms with Gasteiger partial charge in [0, 0.05) is 6.20 Å². The summed E-state index contributed by atoms with van der Waals surface area (Å²) in [4.78, 5) is 0. The van der Waals surface area contributed by atoms with Crippen LogP contribution < -0.4 is 0 Å². The second kappa shape index (κ2) is 3.94. The van der Waals surface area contributed by atoms with E-state index in [2.05, 4.69) is 5.10 Å². The molecule has 0 atom stereocenters. The van der Waals surface area contributed by atoms with Gasteiger partial charge in [-0.1, -0.05) is 18.2 Å². The van der Waals surface area contributed by atoms with Crippen LogP contribution in [0.15, 0.2) is 59.3 Å². The Morgan fingerprint density at radius 1 is 1.06 bits per heavy atom. The Bertz CT molecular complexity index is 622. The standard InChI is InChI=1S/C14H12N2O/c1-11-7-8-14(17-11)12-9-15-16(10-12)13-5-3-2-4-6-13/h2-10H,1H3. The van der Waals surface area contributed by atoms with Crippen LogP contribution in [0.4, 0.5) is 0 Å². The number of aromatic nitrogens is 2. The number of furan rings is 1. The molecule has 0 radical (unpaired) electrons. The first-order chi connectivity index (χ1) is 8.33. The topological polar surface area (TPSA) is 31.0 Å². The van der Waals surface area contributed by atoms with Crippen LogP contribution >= 0.6 is 0 Å². The molecular formula is C14H12N2O. The molecule has 3 nitrogen and oxygen atoms in total. The molecule has 0 spiro atoms. The number of hydrogen-bond acceptors (Lipinski definition) is 2. The van der Waals surface area contributed by atoms with Gasteiger partial charge in [0.2, 0.25) is 0 Å². The highest BCUT2D eigenvalue weighted by Gasteiger charge is 2.06. The maximum Gasteiger partial charge on any atom is 0.137 e. The molecule has 17 heavy (non-hydrogen) atoms. The van der Waals surface area contributed by atoms with Crippen LogP contribution in [0.1, 0.15) is 5.76 Å².